The van der Waals surface area contributed by atoms with Crippen LogP contribution in [0.2, 0.25) is 0 Å². The third-order valence-corrected chi connectivity index (χ3v) is 12.8. The molecule has 2 saturated carbocycles. The SMILES string of the molecule is FC(F)(COCC1CC1)COCC(COCC(F)(F)COCC1CO1)(COCC(COCC(F)(F)COCC1CC1)(C(F)(F)OC(F)(F)CCOCC1CO1)C(F)(F)OC(F)(F)CCOCC1CO1)C(F)(F)OC(F)(F)CCOCC1CO1. The third kappa shape index (κ3) is 25.6. The molecule has 35 heteroatoms. The van der Waals surface area contributed by atoms with E-state index < -0.39 is 221 Å². The van der Waals surface area contributed by atoms with E-state index in [4.69, 9.17) is 61.6 Å². The van der Waals surface area contributed by atoms with Crippen LogP contribution in [0.4, 0.5) is 79.0 Å². The van der Waals surface area contributed by atoms with Crippen molar-refractivity contribution < 1.29 is 160 Å². The fourth-order valence-corrected chi connectivity index (χ4v) is 7.19. The molecular formula is C48H68F18O17. The average molecular weight is 1260 g/mol. The molecule has 4 heterocycles. The van der Waals surface area contributed by atoms with Gasteiger partial charge < -0.3 is 66.3 Å². The summed E-state index contributed by atoms with van der Waals surface area (Å²) < 4.78 is 365. The summed E-state index contributed by atoms with van der Waals surface area (Å²) >= 11 is 0. The average Bonchev–Trinajstić information content (AvgIpc) is 4.20. The molecule has 6 aliphatic rings. The Bertz CT molecular complexity index is 1830. The van der Waals surface area contributed by atoms with Gasteiger partial charge in [0, 0.05) is 13.2 Å². The second-order valence-corrected chi connectivity index (χ2v) is 21.4. The lowest BCUT2D eigenvalue weighted by molar-refractivity contribution is -0.498. The van der Waals surface area contributed by atoms with Crippen molar-refractivity contribution in [3.8, 4) is 0 Å². The smallest absolute Gasteiger partial charge is 0.378 e. The fourth-order valence-electron chi connectivity index (χ4n) is 7.19. The first-order valence-electron chi connectivity index (χ1n) is 26.4. The predicted molar refractivity (Wildman–Crippen MR) is 239 cm³/mol. The normalized spacial score (nSPS) is 23.3. The van der Waals surface area contributed by atoms with Crippen molar-refractivity contribution in [2.75, 3.05) is 159 Å². The van der Waals surface area contributed by atoms with Crippen LogP contribution >= 0.6 is 0 Å². The van der Waals surface area contributed by atoms with Crippen molar-refractivity contribution in [2.24, 2.45) is 22.7 Å². The molecular weight excluding hydrogens is 1190 g/mol. The second-order valence-electron chi connectivity index (χ2n) is 21.4. The van der Waals surface area contributed by atoms with Crippen LogP contribution in [0.3, 0.4) is 0 Å². The van der Waals surface area contributed by atoms with Crippen LogP contribution in [0.25, 0.3) is 0 Å². The highest BCUT2D eigenvalue weighted by atomic mass is 19.3. The fraction of sp³-hybridized carbons (Fsp3) is 1.00. The van der Waals surface area contributed by atoms with E-state index in [9.17, 15) is 0 Å². The minimum absolute atomic E-state index is 0.0885. The minimum atomic E-state index is -6.55. The third-order valence-electron chi connectivity index (χ3n) is 12.8. The molecule has 0 aromatic heterocycles. The van der Waals surface area contributed by atoms with E-state index in [0.717, 1.165) is 0 Å². The van der Waals surface area contributed by atoms with Crippen molar-refractivity contribution in [2.45, 2.75) is 124 Å². The number of halogens is 18. The Balaban J connectivity index is 1.36. The van der Waals surface area contributed by atoms with Crippen LogP contribution < -0.4 is 0 Å². The summed E-state index contributed by atoms with van der Waals surface area (Å²) in [5.74, 6) is -13.1. The second kappa shape index (κ2) is 29.6. The summed E-state index contributed by atoms with van der Waals surface area (Å²) in [6, 6.07) is 0. The van der Waals surface area contributed by atoms with Crippen molar-refractivity contribution in [1.82, 2.24) is 0 Å². The summed E-state index contributed by atoms with van der Waals surface area (Å²) in [6.45, 7) is -29.4. The van der Waals surface area contributed by atoms with E-state index in [-0.39, 0.29) is 58.1 Å². The van der Waals surface area contributed by atoms with E-state index in [1.165, 1.54) is 0 Å². The Morgan fingerprint density at radius 1 is 0.289 bits per heavy atom. The molecule has 17 nitrogen and oxygen atoms in total. The number of hydrogen-bond acceptors (Lipinski definition) is 17. The van der Waals surface area contributed by atoms with Gasteiger partial charge in [0.2, 0.25) is 0 Å². The molecule has 0 N–H and O–H groups in total. The highest BCUT2D eigenvalue weighted by Gasteiger charge is 2.75. The Kier molecular flexibility index (Phi) is 25.0. The highest BCUT2D eigenvalue weighted by molar-refractivity contribution is 4.98. The van der Waals surface area contributed by atoms with Crippen molar-refractivity contribution in [1.29, 1.82) is 0 Å². The van der Waals surface area contributed by atoms with Gasteiger partial charge in [-0.2, -0.15) is 52.7 Å². The van der Waals surface area contributed by atoms with Crippen LogP contribution in [0, 0.1) is 22.7 Å². The van der Waals surface area contributed by atoms with Crippen LogP contribution in [-0.2, 0) is 80.5 Å². The molecule has 0 amide bonds. The zero-order chi connectivity index (χ0) is 60.9. The van der Waals surface area contributed by atoms with Gasteiger partial charge in [0.05, 0.1) is 125 Å². The minimum Gasteiger partial charge on any atom is -0.379 e. The van der Waals surface area contributed by atoms with Gasteiger partial charge in [0.1, 0.15) is 69.5 Å². The van der Waals surface area contributed by atoms with Gasteiger partial charge >= 0.3 is 36.7 Å². The molecule has 4 saturated heterocycles. The molecule has 5 atom stereocenters. The van der Waals surface area contributed by atoms with Gasteiger partial charge in [-0.05, 0) is 37.5 Å². The van der Waals surface area contributed by atoms with Crippen molar-refractivity contribution in [3.05, 3.63) is 0 Å². The maximum atomic E-state index is 17.0. The zero-order valence-electron chi connectivity index (χ0n) is 44.6. The molecule has 5 unspecified atom stereocenters. The molecule has 0 radical (unpaired) electrons. The lowest BCUT2D eigenvalue weighted by Gasteiger charge is -2.46. The molecule has 0 spiro atoms. The Morgan fingerprint density at radius 3 is 0.843 bits per heavy atom. The van der Waals surface area contributed by atoms with Gasteiger partial charge in [-0.25, -0.2) is 26.3 Å². The number of alkyl halides is 18. The maximum Gasteiger partial charge on any atom is 0.378 e. The van der Waals surface area contributed by atoms with Gasteiger partial charge in [-0.15, -0.1) is 0 Å². The quantitative estimate of drug-likeness (QED) is 0.0324. The molecule has 0 aromatic rings. The topological polar surface area (TPSA) is 170 Å². The Morgan fingerprint density at radius 2 is 0.542 bits per heavy atom. The molecule has 83 heavy (non-hydrogen) atoms. The van der Waals surface area contributed by atoms with Crippen LogP contribution in [0.5, 0.6) is 0 Å². The van der Waals surface area contributed by atoms with E-state index in [1.807, 2.05) is 0 Å². The molecule has 0 bridgehead atoms. The first kappa shape index (κ1) is 70.2. The van der Waals surface area contributed by atoms with E-state index >= 15 is 79.0 Å². The number of ether oxygens (including phenoxy) is 17. The summed E-state index contributed by atoms with van der Waals surface area (Å²) in [5.41, 5.74) is -9.87. The van der Waals surface area contributed by atoms with Crippen LogP contribution in [0.15, 0.2) is 0 Å². The first-order chi connectivity index (χ1) is 38.7. The van der Waals surface area contributed by atoms with Gasteiger partial charge in [0.15, 0.2) is 5.41 Å². The number of hydrogen-bond donors (Lipinski definition) is 0. The van der Waals surface area contributed by atoms with Crippen molar-refractivity contribution >= 4 is 0 Å². The highest BCUT2D eigenvalue weighted by Crippen LogP contribution is 2.55. The van der Waals surface area contributed by atoms with Gasteiger partial charge in [0.25, 0.3) is 17.8 Å². The molecule has 0 aromatic carbocycles. The molecule has 6 fully saturated rings. The van der Waals surface area contributed by atoms with Gasteiger partial charge in [-0.1, -0.05) is 0 Å². The monoisotopic (exact) mass is 1260 g/mol. The van der Waals surface area contributed by atoms with E-state index in [0.29, 0.717) is 25.7 Å². The van der Waals surface area contributed by atoms with E-state index in [2.05, 4.69) is 18.9 Å². The molecule has 6 rings (SSSR count). The summed E-state index contributed by atoms with van der Waals surface area (Å²) in [7, 11) is 0. The predicted octanol–water partition coefficient (Wildman–Crippen LogP) is 8.22. The summed E-state index contributed by atoms with van der Waals surface area (Å²) in [4.78, 5) is 0. The number of rotatable bonds is 52. The lowest BCUT2D eigenvalue weighted by Crippen LogP contribution is -2.65. The summed E-state index contributed by atoms with van der Waals surface area (Å²) in [5, 5.41) is 0. The molecule has 2 aliphatic carbocycles. The summed E-state index contributed by atoms with van der Waals surface area (Å²) in [6.07, 6.45) is -40.8. The van der Waals surface area contributed by atoms with Crippen LogP contribution in [-0.4, -0.2) is 237 Å². The van der Waals surface area contributed by atoms with Crippen molar-refractivity contribution in [3.63, 3.8) is 0 Å². The standard InChI is InChI=1S/C48H68F18O17/c49-40(50,26-70-11-32-1-2-32)29-74-22-38(23-75-30-42(53,54)28-72-16-37-20-80-37,46(61,62)81-43(55,56)5-8-67-13-34-17-77-34)21-73-24-39(25-76-31-41(51,52)27-71-12-33-3-4-33,47(63,64)82-44(57,58)6-9-68-14-35-18-78-35)48(65,66)83-45(59,60)7-10-69-15-36-19-79-36/h32-37H,1-31H2. The molecule has 488 valence electrons. The Labute approximate surface area is 464 Å². The first-order valence-corrected chi connectivity index (χ1v) is 26.4. The van der Waals surface area contributed by atoms with E-state index in [1.54, 1.807) is 0 Å². The lowest BCUT2D eigenvalue weighted by atomic mass is 9.85. The maximum absolute atomic E-state index is 17.0. The Hall–Kier alpha value is -1.94. The van der Waals surface area contributed by atoms with Gasteiger partial charge in [-0.3, -0.25) is 14.2 Å². The molecule has 4 aliphatic heterocycles. The largest absolute Gasteiger partial charge is 0.379 e. The zero-order valence-corrected chi connectivity index (χ0v) is 44.6. The number of epoxide rings is 4. The van der Waals surface area contributed by atoms with Crippen LogP contribution in [0.1, 0.15) is 44.9 Å².